The van der Waals surface area contributed by atoms with E-state index in [0.29, 0.717) is 57.7 Å². The third-order valence-electron chi connectivity index (χ3n) is 22.1. The summed E-state index contributed by atoms with van der Waals surface area (Å²) in [6.45, 7) is 51.7. The summed E-state index contributed by atoms with van der Waals surface area (Å²) < 4.78 is 10.6. The molecule has 0 heterocycles. The van der Waals surface area contributed by atoms with Gasteiger partial charge in [-0.25, -0.2) is 0 Å². The molecule has 9 nitrogen and oxygen atoms in total. The normalized spacial score (nSPS) is 27.7. The van der Waals surface area contributed by atoms with Crippen molar-refractivity contribution in [3.8, 4) is 0 Å². The number of aldehydes is 4. The van der Waals surface area contributed by atoms with Crippen molar-refractivity contribution in [2.24, 2.45) is 98.1 Å². The molecule has 1 radical (unpaired) electrons. The van der Waals surface area contributed by atoms with Crippen LogP contribution in [0.15, 0.2) is 48.8 Å². The van der Waals surface area contributed by atoms with Gasteiger partial charge in [0.2, 0.25) is 0 Å². The number of hydrogen-bond donors (Lipinski definition) is 2. The molecule has 0 saturated heterocycles. The zero-order valence-electron chi connectivity index (χ0n) is 64.1. The van der Waals surface area contributed by atoms with Crippen LogP contribution >= 0.6 is 0 Å². The smallest absolute Gasteiger partial charge is 0.142 e. The van der Waals surface area contributed by atoms with Crippen molar-refractivity contribution in [1.82, 2.24) is 0 Å². The first-order valence-corrected chi connectivity index (χ1v) is 36.0. The first-order chi connectivity index (χ1) is 41.9. The van der Waals surface area contributed by atoms with Crippen molar-refractivity contribution in [2.45, 2.75) is 318 Å². The van der Waals surface area contributed by atoms with Crippen molar-refractivity contribution >= 4 is 31.9 Å². The van der Waals surface area contributed by atoms with E-state index in [1.54, 1.807) is 20.3 Å². The maximum Gasteiger partial charge on any atom is 0.142 e. The number of carbonyl (C=O) groups is 5. The summed E-state index contributed by atoms with van der Waals surface area (Å²) in [4.78, 5) is 49.6. The molecular weight excluding hydrogens is 1340 g/mol. The van der Waals surface area contributed by atoms with Crippen LogP contribution in [-0.4, -0.2) is 74.2 Å². The van der Waals surface area contributed by atoms with Crippen LogP contribution in [0.2, 0.25) is 0 Å². The molecule has 5 aliphatic rings. The molecule has 5 unspecified atom stereocenters. The summed E-state index contributed by atoms with van der Waals surface area (Å²) in [5.41, 5.74) is 2.01. The van der Waals surface area contributed by atoms with Gasteiger partial charge in [0.1, 0.15) is 31.9 Å². The molecule has 0 amide bonds. The predicted octanol–water partition coefficient (Wildman–Crippen LogP) is 22.2. The summed E-state index contributed by atoms with van der Waals surface area (Å²) in [7, 11) is 3.49. The third kappa shape index (κ3) is 41.3. The molecule has 10 heteroatoms. The fourth-order valence-corrected chi connectivity index (χ4v) is 15.6. The van der Waals surface area contributed by atoms with E-state index < -0.39 is 0 Å². The average Bonchev–Trinajstić information content (AvgIpc) is 3.65. The van der Waals surface area contributed by atoms with Crippen LogP contribution in [0.3, 0.4) is 0 Å². The Bertz CT molecular complexity index is 1960. The van der Waals surface area contributed by atoms with Crippen LogP contribution in [0.1, 0.15) is 306 Å². The van der Waals surface area contributed by atoms with Crippen molar-refractivity contribution in [1.29, 1.82) is 0 Å². The van der Waals surface area contributed by atoms with Crippen LogP contribution in [-0.2, 0) is 33.4 Å². The summed E-state index contributed by atoms with van der Waals surface area (Å²) in [6.07, 6.45) is 48.6. The Morgan fingerprint density at radius 3 is 1.24 bits per heavy atom. The number of rotatable bonds is 22. The Labute approximate surface area is 600 Å². The number of aliphatic hydroxyl groups excluding tert-OH is 2. The fourth-order valence-electron chi connectivity index (χ4n) is 15.6. The minimum absolute atomic E-state index is 0. The van der Waals surface area contributed by atoms with E-state index in [4.69, 9.17) is 24.5 Å². The van der Waals surface area contributed by atoms with E-state index in [2.05, 4.69) is 177 Å². The maximum atomic E-state index is 10.8. The Morgan fingerprint density at radius 1 is 0.549 bits per heavy atom. The molecule has 0 aromatic rings. The second-order valence-corrected chi connectivity index (χ2v) is 33.1. The average molecular weight is 1500 g/mol. The van der Waals surface area contributed by atoms with Crippen LogP contribution in [0.5, 0.6) is 0 Å². The van der Waals surface area contributed by atoms with Gasteiger partial charge in [-0.15, -0.1) is 0 Å². The number of hydrogen-bond acceptors (Lipinski definition) is 9. The maximum absolute atomic E-state index is 10.8. The van der Waals surface area contributed by atoms with E-state index >= 15 is 0 Å². The monoisotopic (exact) mass is 1490 g/mol. The van der Waals surface area contributed by atoms with Crippen LogP contribution in [0.25, 0.3) is 0 Å². The van der Waals surface area contributed by atoms with E-state index in [1.807, 2.05) is 18.9 Å². The summed E-state index contributed by atoms with van der Waals surface area (Å²) >= 11 is 0. The molecule has 0 aromatic heterocycles. The second-order valence-electron chi connectivity index (χ2n) is 33.1. The van der Waals surface area contributed by atoms with Gasteiger partial charge in [-0.05, 0) is 203 Å². The topological polar surface area (TPSA) is 144 Å². The molecule has 12 atom stereocenters. The number of ether oxygens (including phenoxy) is 2. The molecule has 5 fully saturated rings. The van der Waals surface area contributed by atoms with Crippen molar-refractivity contribution in [3.05, 3.63) is 48.8 Å². The molecule has 5 rings (SSSR count). The SMILES string of the molecule is C/C=C/C1[C@@H](C)CCCC1(C)C.C=O.COC(C)(C)CCC[C@H](C)C=CO.COC(C)(C)CCC[C@H](C)CC=O.C[C@H]1CCCC(C)(C)C1/C=C/C=O.C[C@H]1CCCC(C)(C)C1/C=C/CO.C[C@H]1CCCC(C)(C)C1C=O.C[C@H]1CCCC(C)(C)C1CCC=O.[Ac]. The van der Waals surface area contributed by atoms with Crippen molar-refractivity contribution in [2.75, 3.05) is 20.8 Å². The molecule has 0 bridgehead atoms. The van der Waals surface area contributed by atoms with E-state index in [9.17, 15) is 19.2 Å². The largest absolute Gasteiger partial charge is 0.516 e. The van der Waals surface area contributed by atoms with Crippen molar-refractivity contribution in [3.63, 3.8) is 0 Å². The molecule has 91 heavy (non-hydrogen) atoms. The van der Waals surface area contributed by atoms with Crippen LogP contribution < -0.4 is 0 Å². The number of allylic oxidation sites excluding steroid dienone is 6. The van der Waals surface area contributed by atoms with Gasteiger partial charge in [0.15, 0.2) is 0 Å². The molecule has 0 aliphatic heterocycles. The van der Waals surface area contributed by atoms with E-state index in [-0.39, 0.29) is 73.2 Å². The molecular formula is C81H150AcO9. The zero-order valence-corrected chi connectivity index (χ0v) is 68.8. The molecule has 5 saturated carbocycles. The first-order valence-electron chi connectivity index (χ1n) is 36.0. The fraction of sp³-hybridized carbons (Fsp3) is 0.840. The number of carbonyl (C=O) groups excluding carboxylic acids is 5. The molecule has 0 spiro atoms. The van der Waals surface area contributed by atoms with Gasteiger partial charge in [0.25, 0.3) is 0 Å². The third-order valence-corrected chi connectivity index (χ3v) is 22.1. The van der Waals surface area contributed by atoms with Gasteiger partial charge in [-0.1, -0.05) is 225 Å². The minimum atomic E-state index is -0.0130. The Hall–Kier alpha value is -1.57. The van der Waals surface area contributed by atoms with E-state index in [1.165, 1.54) is 96.3 Å². The first kappa shape index (κ1) is 95.8. The summed E-state index contributed by atoms with van der Waals surface area (Å²) in [6, 6.07) is 0. The molecule has 531 valence electrons. The molecule has 0 aromatic carbocycles. The minimum Gasteiger partial charge on any atom is -0.516 e. The molecule has 5 aliphatic carbocycles. The Balaban J connectivity index is -0.000000482. The number of aliphatic hydroxyl groups is 2. The van der Waals surface area contributed by atoms with Crippen molar-refractivity contribution < 1.29 is 87.7 Å². The van der Waals surface area contributed by atoms with Gasteiger partial charge in [0, 0.05) is 77.0 Å². The van der Waals surface area contributed by atoms with Gasteiger partial charge < -0.3 is 38.9 Å². The number of methoxy groups -OCH3 is 2. The summed E-state index contributed by atoms with van der Waals surface area (Å²) in [5, 5.41) is 17.3. The van der Waals surface area contributed by atoms with Gasteiger partial charge in [-0.3, -0.25) is 4.79 Å². The standard InChI is InChI=1S/2C12H22O.C12H20O.C12H22.2C11H22O2.C10H18O.CH2O.Ac/c3*1-10-6-4-8-12(2,3)11(10)7-5-9-13;1-5-7-11-10(2)8-6-9-12(11,3)4;2*1-10(7-9-12)6-5-8-11(2,3)13-4;1-8-5-4-6-10(2,3)9(8)7-11;1-2;/h9-11H,4-8H2,1-3H3;5,7,10-11,13H,4,6,8-9H2,1-3H3;5,7,9-11H,4,6,8H2,1-3H3;5,7,10-11H,6,8-9H2,1-4H3;9-10H,5-8H2,1-4H3;7,9-10,12H,5-6,8H2,1-4H3;7-9H,4-6H2,1-3H3;1H2;/b;3*7-5+;;;;;/t4*10-,11?;2*10-;8-,9?;;/m0000000../s1. The van der Waals surface area contributed by atoms with E-state index in [0.717, 1.165) is 118 Å². The zero-order chi connectivity index (χ0) is 70.0. The van der Waals surface area contributed by atoms with Crippen LogP contribution in [0.4, 0.5) is 0 Å². The van der Waals surface area contributed by atoms with Gasteiger partial charge in [0.05, 0.1) is 24.1 Å². The molecule has 2 N–H and O–H groups in total. The Kier molecular flexibility index (Phi) is 53.4. The summed E-state index contributed by atoms with van der Waals surface area (Å²) in [5.74, 6) is 7.82. The van der Waals surface area contributed by atoms with Crippen LogP contribution in [0, 0.1) is 142 Å². The quantitative estimate of drug-likeness (QED) is 0.0468. The van der Waals surface area contributed by atoms with Gasteiger partial charge >= 0.3 is 0 Å². The Morgan fingerprint density at radius 2 is 0.923 bits per heavy atom. The second kappa shape index (κ2) is 50.7. The van der Waals surface area contributed by atoms with Gasteiger partial charge in [-0.2, -0.15) is 0 Å². The predicted molar refractivity (Wildman–Crippen MR) is 387 cm³/mol.